The third-order valence-electron chi connectivity index (χ3n) is 2.50. The number of fused-ring (bicyclic) bond motifs is 1. The first kappa shape index (κ1) is 11.8. The molecule has 0 saturated heterocycles. The monoisotopic (exact) mass is 233 g/mol. The minimum atomic E-state index is -1.64. The standard InChI is InChI=1S/C11H12BNO4/c13-3-2-8-6-9(12(14)15)11-10(7-8)16-4-1-5-17-11/h6-7,14-15H,1-2,4-5H2. The predicted molar refractivity (Wildman–Crippen MR) is 61.2 cm³/mol. The largest absolute Gasteiger partial charge is 0.492 e. The van der Waals surface area contributed by atoms with E-state index < -0.39 is 7.12 Å². The van der Waals surface area contributed by atoms with Crippen molar-refractivity contribution in [2.75, 3.05) is 13.2 Å². The summed E-state index contributed by atoms with van der Waals surface area (Å²) in [6, 6.07) is 5.27. The number of hydrogen-bond donors (Lipinski definition) is 2. The van der Waals surface area contributed by atoms with Crippen LogP contribution in [0, 0.1) is 11.3 Å². The fourth-order valence-electron chi connectivity index (χ4n) is 1.75. The van der Waals surface area contributed by atoms with Gasteiger partial charge in [0.15, 0.2) is 11.5 Å². The van der Waals surface area contributed by atoms with E-state index in [-0.39, 0.29) is 11.9 Å². The van der Waals surface area contributed by atoms with Gasteiger partial charge in [-0.25, -0.2) is 0 Å². The molecule has 1 aliphatic heterocycles. The van der Waals surface area contributed by atoms with Gasteiger partial charge in [0.1, 0.15) is 0 Å². The van der Waals surface area contributed by atoms with Crippen molar-refractivity contribution < 1.29 is 19.5 Å². The number of nitriles is 1. The quantitative estimate of drug-likeness (QED) is 0.678. The van der Waals surface area contributed by atoms with Crippen LogP contribution in [0.25, 0.3) is 0 Å². The van der Waals surface area contributed by atoms with E-state index in [1.54, 1.807) is 12.1 Å². The van der Waals surface area contributed by atoms with E-state index in [0.29, 0.717) is 30.3 Å². The van der Waals surface area contributed by atoms with Gasteiger partial charge < -0.3 is 19.5 Å². The smallest absolute Gasteiger partial charge is 0.490 e. The van der Waals surface area contributed by atoms with Crippen LogP contribution in [0.4, 0.5) is 0 Å². The van der Waals surface area contributed by atoms with Gasteiger partial charge in [0.05, 0.1) is 25.7 Å². The highest BCUT2D eigenvalue weighted by Crippen LogP contribution is 2.29. The minimum absolute atomic E-state index is 0.191. The molecule has 1 aromatic rings. The molecule has 6 heteroatoms. The van der Waals surface area contributed by atoms with Crippen LogP contribution in [0.3, 0.4) is 0 Å². The molecule has 0 spiro atoms. The second-order valence-electron chi connectivity index (χ2n) is 3.77. The first-order valence-electron chi connectivity index (χ1n) is 5.38. The van der Waals surface area contributed by atoms with Crippen molar-refractivity contribution in [2.45, 2.75) is 12.8 Å². The first-order chi connectivity index (χ1) is 8.22. The fraction of sp³-hybridized carbons (Fsp3) is 0.364. The number of rotatable bonds is 2. The van der Waals surface area contributed by atoms with E-state index >= 15 is 0 Å². The zero-order chi connectivity index (χ0) is 12.3. The Kier molecular flexibility index (Phi) is 3.52. The van der Waals surface area contributed by atoms with Gasteiger partial charge in [0.2, 0.25) is 0 Å². The summed E-state index contributed by atoms with van der Waals surface area (Å²) in [7, 11) is -1.64. The highest BCUT2D eigenvalue weighted by molar-refractivity contribution is 6.60. The van der Waals surface area contributed by atoms with E-state index in [9.17, 15) is 10.0 Å². The Labute approximate surface area is 99.4 Å². The van der Waals surface area contributed by atoms with Crippen molar-refractivity contribution >= 4 is 12.6 Å². The molecule has 0 radical (unpaired) electrons. The van der Waals surface area contributed by atoms with E-state index in [1.807, 2.05) is 6.07 Å². The normalized spacial score (nSPS) is 13.7. The molecule has 1 heterocycles. The summed E-state index contributed by atoms with van der Waals surface area (Å²) in [5.74, 6) is 0.831. The van der Waals surface area contributed by atoms with Crippen molar-refractivity contribution in [3.63, 3.8) is 0 Å². The van der Waals surface area contributed by atoms with Crippen molar-refractivity contribution in [1.82, 2.24) is 0 Å². The van der Waals surface area contributed by atoms with Crippen LogP contribution < -0.4 is 14.9 Å². The molecule has 0 amide bonds. The van der Waals surface area contributed by atoms with Crippen LogP contribution in [-0.2, 0) is 6.42 Å². The topological polar surface area (TPSA) is 82.7 Å². The summed E-state index contributed by atoms with van der Waals surface area (Å²) in [6.45, 7) is 0.994. The van der Waals surface area contributed by atoms with Gasteiger partial charge in [0, 0.05) is 11.9 Å². The maximum Gasteiger partial charge on any atom is 0.492 e. The van der Waals surface area contributed by atoms with Crippen LogP contribution in [0.2, 0.25) is 0 Å². The van der Waals surface area contributed by atoms with Gasteiger partial charge in [-0.05, 0) is 11.6 Å². The summed E-state index contributed by atoms with van der Waals surface area (Å²) >= 11 is 0. The molecule has 0 fully saturated rings. The predicted octanol–water partition coefficient (Wildman–Crippen LogP) is -0.406. The van der Waals surface area contributed by atoms with Crippen LogP contribution in [0.1, 0.15) is 12.0 Å². The van der Waals surface area contributed by atoms with E-state index in [1.165, 1.54) is 0 Å². The van der Waals surface area contributed by atoms with Gasteiger partial charge in [-0.1, -0.05) is 6.07 Å². The van der Waals surface area contributed by atoms with Crippen molar-refractivity contribution in [3.05, 3.63) is 17.7 Å². The van der Waals surface area contributed by atoms with Crippen LogP contribution >= 0.6 is 0 Å². The Morgan fingerprint density at radius 3 is 2.76 bits per heavy atom. The lowest BCUT2D eigenvalue weighted by atomic mass is 9.78. The van der Waals surface area contributed by atoms with Gasteiger partial charge in [-0.2, -0.15) is 5.26 Å². The van der Waals surface area contributed by atoms with E-state index in [0.717, 1.165) is 6.42 Å². The molecule has 88 valence electrons. The maximum absolute atomic E-state index is 9.30. The third-order valence-corrected chi connectivity index (χ3v) is 2.50. The molecule has 0 bridgehead atoms. The molecule has 0 atom stereocenters. The van der Waals surface area contributed by atoms with Crippen molar-refractivity contribution in [2.24, 2.45) is 0 Å². The Bertz CT molecular complexity index is 456. The molecular weight excluding hydrogens is 221 g/mol. The number of benzene rings is 1. The highest BCUT2D eigenvalue weighted by Gasteiger charge is 2.23. The molecule has 1 aliphatic rings. The third kappa shape index (κ3) is 2.52. The molecule has 0 unspecified atom stereocenters. The van der Waals surface area contributed by atoms with Crippen LogP contribution in [-0.4, -0.2) is 30.4 Å². The zero-order valence-corrected chi connectivity index (χ0v) is 9.22. The number of hydrogen-bond acceptors (Lipinski definition) is 5. The van der Waals surface area contributed by atoms with Crippen LogP contribution in [0.5, 0.6) is 11.5 Å². The summed E-state index contributed by atoms with van der Waals surface area (Å²) < 4.78 is 10.9. The number of ether oxygens (including phenoxy) is 2. The molecule has 0 saturated carbocycles. The molecule has 5 nitrogen and oxygen atoms in total. The van der Waals surface area contributed by atoms with Gasteiger partial charge in [0.25, 0.3) is 0 Å². The van der Waals surface area contributed by atoms with Crippen molar-refractivity contribution in [1.29, 1.82) is 5.26 Å². The highest BCUT2D eigenvalue weighted by atomic mass is 16.5. The first-order valence-corrected chi connectivity index (χ1v) is 5.38. The molecule has 2 N–H and O–H groups in total. The maximum atomic E-state index is 9.30. The molecule has 1 aromatic carbocycles. The Morgan fingerprint density at radius 1 is 1.29 bits per heavy atom. The molecule has 2 rings (SSSR count). The number of nitrogens with zero attached hydrogens (tertiary/aromatic N) is 1. The Balaban J connectivity index is 2.48. The lowest BCUT2D eigenvalue weighted by molar-refractivity contribution is 0.297. The summed E-state index contributed by atoms with van der Waals surface area (Å²) in [4.78, 5) is 0. The SMILES string of the molecule is N#CCc1cc2c(c(B(O)O)c1)OCCCO2. The molecule has 0 aromatic heterocycles. The average Bonchev–Trinajstić information content (AvgIpc) is 2.53. The summed E-state index contributed by atoms with van der Waals surface area (Å²) in [6.07, 6.45) is 0.930. The lowest BCUT2D eigenvalue weighted by Crippen LogP contribution is -2.32. The Morgan fingerprint density at radius 2 is 2.06 bits per heavy atom. The summed E-state index contributed by atoms with van der Waals surface area (Å²) in [5.41, 5.74) is 0.925. The molecular formula is C11H12BNO4. The molecule has 17 heavy (non-hydrogen) atoms. The molecule has 0 aliphatic carbocycles. The Hall–Kier alpha value is -1.71. The van der Waals surface area contributed by atoms with E-state index in [4.69, 9.17) is 14.7 Å². The van der Waals surface area contributed by atoms with Gasteiger partial charge in [-0.3, -0.25) is 0 Å². The average molecular weight is 233 g/mol. The van der Waals surface area contributed by atoms with Gasteiger partial charge >= 0.3 is 7.12 Å². The lowest BCUT2D eigenvalue weighted by Gasteiger charge is -2.13. The minimum Gasteiger partial charge on any atom is -0.490 e. The summed E-state index contributed by atoms with van der Waals surface area (Å²) in [5, 5.41) is 27.3. The van der Waals surface area contributed by atoms with E-state index in [2.05, 4.69) is 0 Å². The second-order valence-corrected chi connectivity index (χ2v) is 3.77. The zero-order valence-electron chi connectivity index (χ0n) is 9.22. The van der Waals surface area contributed by atoms with Gasteiger partial charge in [-0.15, -0.1) is 0 Å². The van der Waals surface area contributed by atoms with Crippen LogP contribution in [0.15, 0.2) is 12.1 Å². The van der Waals surface area contributed by atoms with Crippen molar-refractivity contribution in [3.8, 4) is 17.6 Å². The second kappa shape index (κ2) is 5.08. The fourth-order valence-corrected chi connectivity index (χ4v) is 1.75.